The second-order valence-corrected chi connectivity index (χ2v) is 8.14. The van der Waals surface area contributed by atoms with Crippen LogP contribution in [0.5, 0.6) is 0 Å². The number of benzene rings is 1. The fraction of sp³-hybridized carbons (Fsp3) is 0.400. The molecule has 2 heterocycles. The normalized spacial score (nSPS) is 21.3. The number of hydrogen-bond acceptors (Lipinski definition) is 3. The number of nitrogens with zero attached hydrogens (tertiary/aromatic N) is 3. The molecule has 0 spiro atoms. The van der Waals surface area contributed by atoms with Gasteiger partial charge in [-0.3, -0.25) is 14.6 Å². The van der Waals surface area contributed by atoms with Gasteiger partial charge in [0, 0.05) is 44.9 Å². The van der Waals surface area contributed by atoms with Crippen LogP contribution in [0.2, 0.25) is 0 Å². The molecule has 30 heavy (non-hydrogen) atoms. The molecular weight excluding hydrogens is 374 g/mol. The first-order chi connectivity index (χ1) is 14.7. The number of aromatic nitrogens is 1. The van der Waals surface area contributed by atoms with Crippen LogP contribution in [0.25, 0.3) is 11.1 Å². The van der Waals surface area contributed by atoms with Crippen molar-refractivity contribution in [3.8, 4) is 11.1 Å². The molecule has 5 heteroatoms. The van der Waals surface area contributed by atoms with Crippen molar-refractivity contribution in [1.82, 2.24) is 14.8 Å². The second-order valence-electron chi connectivity index (χ2n) is 8.14. The lowest BCUT2D eigenvalue weighted by Crippen LogP contribution is -2.59. The molecule has 2 atom stereocenters. The van der Waals surface area contributed by atoms with Crippen molar-refractivity contribution in [3.63, 3.8) is 0 Å². The number of likely N-dealkylation sites (N-methyl/N-ethyl adjacent to an activating group) is 1. The van der Waals surface area contributed by atoms with Gasteiger partial charge in [-0.25, -0.2) is 0 Å². The van der Waals surface area contributed by atoms with Crippen LogP contribution in [0, 0.1) is 5.92 Å². The van der Waals surface area contributed by atoms with Gasteiger partial charge >= 0.3 is 0 Å². The molecule has 2 aromatic rings. The highest BCUT2D eigenvalue weighted by atomic mass is 16.2. The third-order valence-corrected chi connectivity index (χ3v) is 6.19. The van der Waals surface area contributed by atoms with Crippen molar-refractivity contribution in [2.45, 2.75) is 38.6 Å². The fourth-order valence-electron chi connectivity index (χ4n) is 4.49. The molecule has 2 aliphatic rings. The minimum Gasteiger partial charge on any atom is -0.339 e. The molecule has 1 aromatic heterocycles. The molecule has 5 nitrogen and oxygen atoms in total. The number of piperazine rings is 1. The lowest BCUT2D eigenvalue weighted by molar-refractivity contribution is -0.151. The lowest BCUT2D eigenvalue weighted by atomic mass is 9.96. The van der Waals surface area contributed by atoms with E-state index < -0.39 is 6.04 Å². The third kappa shape index (κ3) is 4.45. The maximum Gasteiger partial charge on any atom is 0.245 e. The predicted molar refractivity (Wildman–Crippen MR) is 118 cm³/mol. The van der Waals surface area contributed by atoms with Crippen molar-refractivity contribution in [3.05, 3.63) is 66.5 Å². The summed E-state index contributed by atoms with van der Waals surface area (Å²) in [4.78, 5) is 34.2. The van der Waals surface area contributed by atoms with Crippen molar-refractivity contribution in [2.24, 2.45) is 5.92 Å². The molecule has 2 amide bonds. The van der Waals surface area contributed by atoms with Gasteiger partial charge in [-0.15, -0.1) is 0 Å². The fourth-order valence-corrected chi connectivity index (χ4v) is 4.49. The summed E-state index contributed by atoms with van der Waals surface area (Å²) in [5.74, 6) is 0.473. The summed E-state index contributed by atoms with van der Waals surface area (Å²) in [5, 5.41) is 0. The Kier molecular flexibility index (Phi) is 6.26. The van der Waals surface area contributed by atoms with Crippen LogP contribution in [0.1, 0.15) is 31.7 Å². The quantitative estimate of drug-likeness (QED) is 0.691. The van der Waals surface area contributed by atoms with Gasteiger partial charge in [-0.1, -0.05) is 42.5 Å². The molecule has 0 saturated carbocycles. The van der Waals surface area contributed by atoms with Crippen molar-refractivity contribution >= 4 is 11.8 Å². The molecule has 0 bridgehead atoms. The summed E-state index contributed by atoms with van der Waals surface area (Å²) in [7, 11) is 0. The van der Waals surface area contributed by atoms with Crippen molar-refractivity contribution in [2.75, 3.05) is 19.6 Å². The molecule has 0 unspecified atom stereocenters. The number of rotatable bonds is 6. The zero-order valence-corrected chi connectivity index (χ0v) is 17.5. The Morgan fingerprint density at radius 3 is 2.77 bits per heavy atom. The highest BCUT2D eigenvalue weighted by molar-refractivity contribution is 5.89. The number of pyridine rings is 1. The Balaban J connectivity index is 1.55. The van der Waals surface area contributed by atoms with E-state index in [1.165, 1.54) is 0 Å². The first kappa shape index (κ1) is 20.3. The highest BCUT2D eigenvalue weighted by Crippen LogP contribution is 2.25. The number of carbonyl (C=O) groups is 2. The zero-order valence-electron chi connectivity index (χ0n) is 17.5. The average molecular weight is 404 g/mol. The average Bonchev–Trinajstić information content (AvgIpc) is 3.29. The maximum absolute atomic E-state index is 13.2. The van der Waals surface area contributed by atoms with Crippen LogP contribution in [0.4, 0.5) is 0 Å². The maximum atomic E-state index is 13.2. The molecule has 156 valence electrons. The summed E-state index contributed by atoms with van der Waals surface area (Å²) in [6.45, 7) is 3.91. The van der Waals surface area contributed by atoms with Gasteiger partial charge in [0.25, 0.3) is 0 Å². The summed E-state index contributed by atoms with van der Waals surface area (Å²) >= 11 is 0. The first-order valence-corrected chi connectivity index (χ1v) is 10.9. The van der Waals surface area contributed by atoms with E-state index in [-0.39, 0.29) is 11.8 Å². The van der Waals surface area contributed by atoms with Crippen molar-refractivity contribution < 1.29 is 9.59 Å². The van der Waals surface area contributed by atoms with Gasteiger partial charge in [-0.05, 0) is 48.4 Å². The van der Waals surface area contributed by atoms with E-state index in [1.54, 1.807) is 6.20 Å². The zero-order chi connectivity index (χ0) is 20.9. The SMILES string of the molecule is CCN1CCN(C(=O)C[C@H]2C=CCC2)[C@@H](Cc2cccc(-c3cccnc3)c2)C1=O. The van der Waals surface area contributed by atoms with Gasteiger partial charge in [0.1, 0.15) is 6.04 Å². The molecule has 1 saturated heterocycles. The van der Waals surface area contributed by atoms with Gasteiger partial charge in [0.05, 0.1) is 0 Å². The monoisotopic (exact) mass is 403 g/mol. The summed E-state index contributed by atoms with van der Waals surface area (Å²) < 4.78 is 0. The third-order valence-electron chi connectivity index (χ3n) is 6.19. The van der Waals surface area contributed by atoms with E-state index in [0.29, 0.717) is 38.4 Å². The summed E-state index contributed by atoms with van der Waals surface area (Å²) in [6, 6.07) is 11.7. The number of carbonyl (C=O) groups excluding carboxylic acids is 2. The predicted octanol–water partition coefficient (Wildman–Crippen LogP) is 3.71. The van der Waals surface area contributed by atoms with E-state index in [9.17, 15) is 9.59 Å². The van der Waals surface area contributed by atoms with Crippen LogP contribution < -0.4 is 0 Å². The number of hydrogen-bond donors (Lipinski definition) is 0. The first-order valence-electron chi connectivity index (χ1n) is 10.9. The standard InChI is InChI=1S/C25H29N3O2/c1-2-27-13-14-28(24(29)17-19-7-3-4-8-19)23(25(27)30)16-20-9-5-10-21(15-20)22-11-6-12-26-18-22/h3,5-7,9-12,15,18-19,23H,2,4,8,13-14,16-17H2,1H3/t19-,23-/m0/s1. The smallest absolute Gasteiger partial charge is 0.245 e. The highest BCUT2D eigenvalue weighted by Gasteiger charge is 2.37. The van der Waals surface area contributed by atoms with Crippen molar-refractivity contribution in [1.29, 1.82) is 0 Å². The Morgan fingerprint density at radius 1 is 1.17 bits per heavy atom. The van der Waals surface area contributed by atoms with Crippen LogP contribution >= 0.6 is 0 Å². The number of amides is 2. The van der Waals surface area contributed by atoms with Gasteiger partial charge < -0.3 is 9.80 Å². The van der Waals surface area contributed by atoms with E-state index in [2.05, 4.69) is 29.3 Å². The Bertz CT molecular complexity index is 925. The van der Waals surface area contributed by atoms with Gasteiger partial charge in [0.2, 0.25) is 11.8 Å². The lowest BCUT2D eigenvalue weighted by Gasteiger charge is -2.41. The molecule has 1 aliphatic heterocycles. The summed E-state index contributed by atoms with van der Waals surface area (Å²) in [5.41, 5.74) is 3.18. The van der Waals surface area contributed by atoms with Gasteiger partial charge in [0.15, 0.2) is 0 Å². The number of allylic oxidation sites excluding steroid dienone is 2. The Labute approximate surface area is 178 Å². The van der Waals surface area contributed by atoms with E-state index in [4.69, 9.17) is 0 Å². The topological polar surface area (TPSA) is 53.5 Å². The Morgan fingerprint density at radius 2 is 2.03 bits per heavy atom. The van der Waals surface area contributed by atoms with Crippen LogP contribution in [0.3, 0.4) is 0 Å². The minimum absolute atomic E-state index is 0.0610. The molecular formula is C25H29N3O2. The van der Waals surface area contributed by atoms with Crippen LogP contribution in [0.15, 0.2) is 60.9 Å². The molecule has 1 aliphatic carbocycles. The molecule has 1 fully saturated rings. The largest absolute Gasteiger partial charge is 0.339 e. The summed E-state index contributed by atoms with van der Waals surface area (Å²) in [6.07, 6.45) is 11.0. The van der Waals surface area contributed by atoms with Crippen LogP contribution in [-0.4, -0.2) is 52.3 Å². The van der Waals surface area contributed by atoms with E-state index in [0.717, 1.165) is 29.5 Å². The molecule has 4 rings (SSSR count). The molecule has 0 radical (unpaired) electrons. The van der Waals surface area contributed by atoms with E-state index in [1.807, 2.05) is 47.2 Å². The van der Waals surface area contributed by atoms with Gasteiger partial charge in [-0.2, -0.15) is 0 Å². The van der Waals surface area contributed by atoms with Crippen LogP contribution in [-0.2, 0) is 16.0 Å². The minimum atomic E-state index is -0.430. The molecule has 0 N–H and O–H groups in total. The van der Waals surface area contributed by atoms with E-state index >= 15 is 0 Å². The second kappa shape index (κ2) is 9.24. The molecule has 1 aromatic carbocycles. The Hall–Kier alpha value is -2.95.